The predicted octanol–water partition coefficient (Wildman–Crippen LogP) is 0.732. The Balaban J connectivity index is 2.35. The highest BCUT2D eigenvalue weighted by molar-refractivity contribution is 5.76. The van der Waals surface area contributed by atoms with Gasteiger partial charge >= 0.3 is 5.97 Å². The lowest BCUT2D eigenvalue weighted by atomic mass is 10.1. The van der Waals surface area contributed by atoms with E-state index in [4.69, 9.17) is 9.47 Å². The van der Waals surface area contributed by atoms with E-state index in [9.17, 15) is 10.1 Å². The largest absolute Gasteiger partial charge is 0.467 e. The number of ether oxygens (including phenoxy) is 2. The summed E-state index contributed by atoms with van der Waals surface area (Å²) in [5, 5.41) is 17.6. The van der Waals surface area contributed by atoms with Gasteiger partial charge < -0.3 is 14.4 Å². The Morgan fingerprint density at radius 3 is 2.76 bits per heavy atom. The van der Waals surface area contributed by atoms with Crippen LogP contribution in [-0.2, 0) is 14.3 Å². The lowest BCUT2D eigenvalue weighted by molar-refractivity contribution is -0.158. The van der Waals surface area contributed by atoms with Crippen LogP contribution in [0, 0.1) is 25.2 Å². The second-order valence-corrected chi connectivity index (χ2v) is 5.08. The lowest BCUT2D eigenvalue weighted by Crippen LogP contribution is -2.50. The summed E-state index contributed by atoms with van der Waals surface area (Å²) in [4.78, 5) is 13.5. The van der Waals surface area contributed by atoms with Crippen molar-refractivity contribution in [1.29, 1.82) is 5.26 Å². The molecule has 0 aliphatic carbocycles. The number of rotatable bonds is 2. The number of methoxy groups -OCH3 is 1. The molecule has 0 bridgehead atoms. The third-order valence-corrected chi connectivity index (χ3v) is 3.57. The summed E-state index contributed by atoms with van der Waals surface area (Å²) in [7, 11) is 1.33. The van der Waals surface area contributed by atoms with Gasteiger partial charge in [0.25, 0.3) is 0 Å². The van der Waals surface area contributed by atoms with Crippen molar-refractivity contribution in [3.63, 3.8) is 0 Å². The van der Waals surface area contributed by atoms with Crippen molar-refractivity contribution in [2.75, 3.05) is 25.1 Å². The van der Waals surface area contributed by atoms with Gasteiger partial charge in [-0.05, 0) is 26.3 Å². The predicted molar refractivity (Wildman–Crippen MR) is 74.8 cm³/mol. The molecule has 2 rings (SSSR count). The van der Waals surface area contributed by atoms with Gasteiger partial charge in [0.1, 0.15) is 11.6 Å². The molecule has 2 heterocycles. The summed E-state index contributed by atoms with van der Waals surface area (Å²) in [6.07, 6.45) is -0.855. The Morgan fingerprint density at radius 2 is 2.14 bits per heavy atom. The molecule has 0 N–H and O–H groups in total. The Bertz CT molecular complexity index is 597. The van der Waals surface area contributed by atoms with Crippen LogP contribution in [0.25, 0.3) is 0 Å². The van der Waals surface area contributed by atoms with E-state index >= 15 is 0 Å². The number of carbonyl (C=O) groups is 1. The highest BCUT2D eigenvalue weighted by Crippen LogP contribution is 2.24. The van der Waals surface area contributed by atoms with Crippen molar-refractivity contribution in [2.24, 2.45) is 0 Å². The number of anilines is 1. The maximum atomic E-state index is 11.7. The first kappa shape index (κ1) is 15.2. The van der Waals surface area contributed by atoms with Gasteiger partial charge in [0, 0.05) is 6.54 Å². The van der Waals surface area contributed by atoms with Crippen LogP contribution in [0.4, 0.5) is 5.82 Å². The molecule has 0 spiro atoms. The van der Waals surface area contributed by atoms with E-state index in [0.29, 0.717) is 24.5 Å². The van der Waals surface area contributed by atoms with Crippen molar-refractivity contribution >= 4 is 11.8 Å². The molecular weight excluding hydrogens is 272 g/mol. The van der Waals surface area contributed by atoms with Crippen LogP contribution in [0.2, 0.25) is 0 Å². The minimum absolute atomic E-state index is 0.169. The zero-order valence-corrected chi connectivity index (χ0v) is 12.6. The van der Waals surface area contributed by atoms with Crippen LogP contribution in [-0.4, -0.2) is 48.6 Å². The summed E-state index contributed by atoms with van der Waals surface area (Å²) in [6, 6.07) is 2.17. The van der Waals surface area contributed by atoms with E-state index in [0.717, 1.165) is 11.3 Å². The average Bonchev–Trinajstić information content (AvgIpc) is 2.48. The third kappa shape index (κ3) is 2.95. The van der Waals surface area contributed by atoms with Crippen molar-refractivity contribution in [1.82, 2.24) is 10.2 Å². The number of aryl methyl sites for hydroxylation is 1. The number of hydrogen-bond donors (Lipinski definition) is 0. The monoisotopic (exact) mass is 290 g/mol. The second kappa shape index (κ2) is 6.06. The van der Waals surface area contributed by atoms with E-state index in [1.807, 2.05) is 25.7 Å². The normalized spacial score (nSPS) is 21.8. The number of hydrogen-bond acceptors (Lipinski definition) is 7. The van der Waals surface area contributed by atoms with Crippen LogP contribution >= 0.6 is 0 Å². The lowest BCUT2D eigenvalue weighted by Gasteiger charge is -2.36. The molecule has 7 heteroatoms. The second-order valence-electron chi connectivity index (χ2n) is 5.08. The maximum Gasteiger partial charge on any atom is 0.336 e. The van der Waals surface area contributed by atoms with Crippen molar-refractivity contribution in [3.05, 3.63) is 16.8 Å². The van der Waals surface area contributed by atoms with E-state index in [2.05, 4.69) is 16.3 Å². The molecule has 0 aromatic carbocycles. The highest BCUT2D eigenvalue weighted by Gasteiger charge is 2.33. The zero-order chi connectivity index (χ0) is 15.6. The van der Waals surface area contributed by atoms with Gasteiger partial charge in [0.2, 0.25) is 0 Å². The number of carbonyl (C=O) groups excluding carboxylic acids is 1. The molecule has 112 valence electrons. The average molecular weight is 290 g/mol. The Kier molecular flexibility index (Phi) is 4.38. The van der Waals surface area contributed by atoms with Gasteiger partial charge in [-0.25, -0.2) is 4.79 Å². The zero-order valence-electron chi connectivity index (χ0n) is 12.6. The molecule has 1 saturated heterocycles. The molecule has 0 radical (unpaired) electrons. The van der Waals surface area contributed by atoms with E-state index in [1.54, 1.807) is 0 Å². The number of nitriles is 1. The van der Waals surface area contributed by atoms with Gasteiger partial charge in [-0.15, -0.1) is 5.10 Å². The Labute approximate surface area is 123 Å². The summed E-state index contributed by atoms with van der Waals surface area (Å²) >= 11 is 0. The molecule has 7 nitrogen and oxygen atoms in total. The van der Waals surface area contributed by atoms with Gasteiger partial charge in [-0.1, -0.05) is 0 Å². The standard InChI is InChI=1S/C14H18N4O3/c1-8-6-18(7-12(21-8)14(19)20-4)13-11(5-15)9(2)10(3)16-17-13/h8,12H,6-7H2,1-4H3/t8-,12?/m1/s1. The first-order valence-electron chi connectivity index (χ1n) is 6.70. The van der Waals surface area contributed by atoms with Crippen molar-refractivity contribution < 1.29 is 14.3 Å². The first-order valence-corrected chi connectivity index (χ1v) is 6.70. The van der Waals surface area contributed by atoms with Crippen LogP contribution in [0.5, 0.6) is 0 Å². The van der Waals surface area contributed by atoms with Crippen LogP contribution in [0.3, 0.4) is 0 Å². The molecule has 0 amide bonds. The van der Waals surface area contributed by atoms with E-state index < -0.39 is 12.1 Å². The number of morpholine rings is 1. The van der Waals surface area contributed by atoms with Crippen LogP contribution < -0.4 is 4.90 Å². The Morgan fingerprint density at radius 1 is 1.43 bits per heavy atom. The topological polar surface area (TPSA) is 88.3 Å². The molecule has 1 aromatic rings. The molecule has 1 unspecified atom stereocenters. The Hall–Kier alpha value is -2.20. The fourth-order valence-corrected chi connectivity index (χ4v) is 2.34. The summed E-state index contributed by atoms with van der Waals surface area (Å²) < 4.78 is 10.3. The smallest absolute Gasteiger partial charge is 0.336 e. The number of nitrogens with zero attached hydrogens (tertiary/aromatic N) is 4. The molecule has 1 aliphatic heterocycles. The fourth-order valence-electron chi connectivity index (χ4n) is 2.34. The van der Waals surface area contributed by atoms with Crippen LogP contribution in [0.15, 0.2) is 0 Å². The van der Waals surface area contributed by atoms with E-state index in [-0.39, 0.29) is 6.10 Å². The molecule has 21 heavy (non-hydrogen) atoms. The molecular formula is C14H18N4O3. The van der Waals surface area contributed by atoms with Crippen molar-refractivity contribution in [2.45, 2.75) is 33.0 Å². The molecule has 1 fully saturated rings. The number of aromatic nitrogens is 2. The maximum absolute atomic E-state index is 11.7. The van der Waals surface area contributed by atoms with Gasteiger partial charge in [0.05, 0.1) is 25.5 Å². The minimum Gasteiger partial charge on any atom is -0.467 e. The third-order valence-electron chi connectivity index (χ3n) is 3.57. The van der Waals surface area contributed by atoms with Gasteiger partial charge in [0.15, 0.2) is 11.9 Å². The van der Waals surface area contributed by atoms with Crippen molar-refractivity contribution in [3.8, 4) is 6.07 Å². The quantitative estimate of drug-likeness (QED) is 0.742. The molecule has 1 aliphatic rings. The molecule has 0 saturated carbocycles. The number of esters is 1. The minimum atomic E-state index is -0.686. The first-order chi connectivity index (χ1) is 9.97. The van der Waals surface area contributed by atoms with E-state index in [1.165, 1.54) is 7.11 Å². The van der Waals surface area contributed by atoms with Crippen LogP contribution in [0.1, 0.15) is 23.7 Å². The summed E-state index contributed by atoms with van der Waals surface area (Å²) in [6.45, 7) is 6.35. The SMILES string of the molecule is COC(=O)C1CN(c2nnc(C)c(C)c2C#N)C[C@@H](C)O1. The molecule has 1 aromatic heterocycles. The van der Waals surface area contributed by atoms with Gasteiger partial charge in [-0.3, -0.25) is 0 Å². The summed E-state index contributed by atoms with van der Waals surface area (Å²) in [5.74, 6) is 0.0616. The highest BCUT2D eigenvalue weighted by atomic mass is 16.6. The fraction of sp³-hybridized carbons (Fsp3) is 0.571. The summed E-state index contributed by atoms with van der Waals surface area (Å²) in [5.41, 5.74) is 2.01. The van der Waals surface area contributed by atoms with Gasteiger partial charge in [-0.2, -0.15) is 10.4 Å². The molecule has 2 atom stereocenters.